The smallest absolute Gasteiger partial charge is 0.231 e. The zero-order valence-corrected chi connectivity index (χ0v) is 15.9. The van der Waals surface area contributed by atoms with Gasteiger partial charge in [0, 0.05) is 0 Å². The summed E-state index contributed by atoms with van der Waals surface area (Å²) in [6.07, 6.45) is 0. The number of hydrazone groups is 1. The van der Waals surface area contributed by atoms with Crippen molar-refractivity contribution in [3.63, 3.8) is 0 Å². The van der Waals surface area contributed by atoms with Gasteiger partial charge in [0.1, 0.15) is 5.75 Å². The van der Waals surface area contributed by atoms with Crippen LogP contribution in [-0.4, -0.2) is 15.9 Å². The van der Waals surface area contributed by atoms with Crippen molar-refractivity contribution in [1.82, 2.24) is 4.98 Å². The topological polar surface area (TPSA) is 82.2 Å². The van der Waals surface area contributed by atoms with Crippen LogP contribution in [0.2, 0.25) is 0 Å². The van der Waals surface area contributed by atoms with Crippen LogP contribution in [0.5, 0.6) is 5.75 Å². The Kier molecular flexibility index (Phi) is 5.07. The fraction of sp³-hybridized carbons (Fsp3) is 0.0476. The van der Waals surface area contributed by atoms with Crippen LogP contribution in [0, 0.1) is 6.92 Å². The molecule has 1 heterocycles. The van der Waals surface area contributed by atoms with Gasteiger partial charge in [0.15, 0.2) is 0 Å². The van der Waals surface area contributed by atoms with E-state index < -0.39 is 0 Å². The number of phenolic OH excluding ortho intramolecular Hbond substituents is 1. The van der Waals surface area contributed by atoms with Gasteiger partial charge in [0.05, 0.1) is 21.5 Å². The zero-order valence-electron chi connectivity index (χ0n) is 15.1. The van der Waals surface area contributed by atoms with E-state index in [-0.39, 0.29) is 11.6 Å². The molecule has 0 aliphatic rings. The first-order valence-corrected chi connectivity index (χ1v) is 9.47. The molecule has 0 atom stereocenters. The minimum Gasteiger partial charge on any atom is -0.507 e. The molecule has 0 radical (unpaired) electrons. The maximum atomic E-state index is 10.2. The standard InChI is InChI=1S/C21H17N5OS/c1-14-8-2-4-10-16(14)23-24-20(15-9-3-6-12-18(15)27)25-26-21-22-17-11-5-7-13-19(17)28-21/h2-13,23,27H,1H3/b24-20-,26-25?. The lowest BCUT2D eigenvalue weighted by Gasteiger charge is -2.06. The molecule has 0 fully saturated rings. The van der Waals surface area contributed by atoms with Gasteiger partial charge < -0.3 is 5.11 Å². The van der Waals surface area contributed by atoms with Gasteiger partial charge in [-0.2, -0.15) is 5.10 Å². The number of azo groups is 1. The molecular weight excluding hydrogens is 370 g/mol. The van der Waals surface area contributed by atoms with E-state index in [1.807, 2.05) is 61.5 Å². The Bertz CT molecular complexity index is 1150. The van der Waals surface area contributed by atoms with Crippen LogP contribution in [-0.2, 0) is 0 Å². The summed E-state index contributed by atoms with van der Waals surface area (Å²) in [5.74, 6) is 0.344. The van der Waals surface area contributed by atoms with Crippen LogP contribution in [0.15, 0.2) is 88.1 Å². The van der Waals surface area contributed by atoms with Gasteiger partial charge in [-0.05, 0) is 42.8 Å². The summed E-state index contributed by atoms with van der Waals surface area (Å²) in [5.41, 5.74) is 6.26. The van der Waals surface area contributed by atoms with E-state index in [4.69, 9.17) is 0 Å². The highest BCUT2D eigenvalue weighted by molar-refractivity contribution is 7.21. The number of hydrogen-bond donors (Lipinski definition) is 2. The Morgan fingerprint density at radius 1 is 0.964 bits per heavy atom. The Hall–Kier alpha value is -3.58. The number of aromatic nitrogens is 1. The Labute approximate surface area is 165 Å². The normalized spacial score (nSPS) is 12.0. The molecule has 0 spiro atoms. The fourth-order valence-corrected chi connectivity index (χ4v) is 3.39. The maximum Gasteiger partial charge on any atom is 0.231 e. The first-order valence-electron chi connectivity index (χ1n) is 8.66. The van der Waals surface area contributed by atoms with E-state index in [0.717, 1.165) is 21.5 Å². The third kappa shape index (κ3) is 3.89. The minimum atomic E-state index is 0.0797. The largest absolute Gasteiger partial charge is 0.507 e. The van der Waals surface area contributed by atoms with Crippen molar-refractivity contribution < 1.29 is 5.11 Å². The zero-order chi connectivity index (χ0) is 19.3. The van der Waals surface area contributed by atoms with Crippen molar-refractivity contribution in [2.24, 2.45) is 15.3 Å². The van der Waals surface area contributed by atoms with Crippen molar-refractivity contribution in [2.75, 3.05) is 5.43 Å². The molecule has 3 aromatic carbocycles. The number of para-hydroxylation sites is 3. The molecule has 0 aliphatic heterocycles. The molecule has 6 nitrogen and oxygen atoms in total. The van der Waals surface area contributed by atoms with Crippen LogP contribution in [0.4, 0.5) is 10.8 Å². The number of thiazole rings is 1. The van der Waals surface area contributed by atoms with Gasteiger partial charge in [-0.15, -0.1) is 10.2 Å². The molecule has 138 valence electrons. The van der Waals surface area contributed by atoms with Crippen molar-refractivity contribution >= 4 is 38.2 Å². The molecule has 0 aliphatic carbocycles. The lowest BCUT2D eigenvalue weighted by molar-refractivity contribution is 0.474. The maximum absolute atomic E-state index is 10.2. The van der Waals surface area contributed by atoms with Crippen molar-refractivity contribution in [3.8, 4) is 5.75 Å². The first-order chi connectivity index (χ1) is 13.7. The first kappa shape index (κ1) is 17.8. The van der Waals surface area contributed by atoms with Gasteiger partial charge in [-0.1, -0.05) is 53.8 Å². The number of aromatic hydroxyl groups is 1. The number of nitrogens with zero attached hydrogens (tertiary/aromatic N) is 4. The number of aryl methyl sites for hydroxylation is 1. The number of phenols is 1. The number of nitrogens with one attached hydrogen (secondary N) is 1. The van der Waals surface area contributed by atoms with E-state index in [2.05, 4.69) is 25.7 Å². The average Bonchev–Trinajstić information content (AvgIpc) is 3.13. The highest BCUT2D eigenvalue weighted by atomic mass is 32.1. The summed E-state index contributed by atoms with van der Waals surface area (Å²) in [6, 6.07) is 22.5. The van der Waals surface area contributed by atoms with E-state index in [1.54, 1.807) is 18.2 Å². The quantitative estimate of drug-likeness (QED) is 0.199. The number of rotatable bonds is 4. The van der Waals surface area contributed by atoms with Gasteiger partial charge in [0.25, 0.3) is 0 Å². The monoisotopic (exact) mass is 387 g/mol. The molecular formula is C21H17N5OS. The lowest BCUT2D eigenvalue weighted by Crippen LogP contribution is -2.02. The Morgan fingerprint density at radius 3 is 2.54 bits per heavy atom. The van der Waals surface area contributed by atoms with Crippen LogP contribution in [0.25, 0.3) is 10.2 Å². The SMILES string of the molecule is Cc1ccccc1N/N=C(\N=Nc1nc2ccccc2s1)c1ccccc1O. The predicted octanol–water partition coefficient (Wildman–Crippen LogP) is 5.87. The second-order valence-corrected chi connectivity index (χ2v) is 7.05. The van der Waals surface area contributed by atoms with E-state index >= 15 is 0 Å². The number of anilines is 1. The third-order valence-electron chi connectivity index (χ3n) is 4.09. The predicted molar refractivity (Wildman–Crippen MR) is 114 cm³/mol. The summed E-state index contributed by atoms with van der Waals surface area (Å²) in [7, 11) is 0. The van der Waals surface area contributed by atoms with E-state index in [9.17, 15) is 5.11 Å². The average molecular weight is 387 g/mol. The highest BCUT2D eigenvalue weighted by Crippen LogP contribution is 2.28. The third-order valence-corrected chi connectivity index (χ3v) is 5.01. The number of hydrogen-bond acceptors (Lipinski definition) is 6. The summed E-state index contributed by atoms with van der Waals surface area (Å²) in [6.45, 7) is 1.99. The summed E-state index contributed by atoms with van der Waals surface area (Å²) in [4.78, 5) is 4.45. The molecule has 0 unspecified atom stereocenters. The molecule has 0 bridgehead atoms. The van der Waals surface area contributed by atoms with Crippen LogP contribution in [0.1, 0.15) is 11.1 Å². The van der Waals surface area contributed by atoms with Crippen molar-refractivity contribution in [2.45, 2.75) is 6.92 Å². The lowest BCUT2D eigenvalue weighted by atomic mass is 10.2. The summed E-state index contributed by atoms with van der Waals surface area (Å²) >= 11 is 1.45. The summed E-state index contributed by atoms with van der Waals surface area (Å²) < 4.78 is 1.04. The Balaban J connectivity index is 1.69. The fourth-order valence-electron chi connectivity index (χ4n) is 2.60. The Morgan fingerprint density at radius 2 is 1.71 bits per heavy atom. The van der Waals surface area contributed by atoms with Crippen LogP contribution < -0.4 is 5.43 Å². The number of fused-ring (bicyclic) bond motifs is 1. The second kappa shape index (κ2) is 7.98. The molecule has 2 N–H and O–H groups in total. The highest BCUT2D eigenvalue weighted by Gasteiger charge is 2.10. The summed E-state index contributed by atoms with van der Waals surface area (Å²) in [5, 5.41) is 23.6. The molecule has 7 heteroatoms. The molecule has 28 heavy (non-hydrogen) atoms. The van der Waals surface area contributed by atoms with Crippen molar-refractivity contribution in [3.05, 3.63) is 83.9 Å². The van der Waals surface area contributed by atoms with Crippen molar-refractivity contribution in [1.29, 1.82) is 0 Å². The number of amidine groups is 1. The van der Waals surface area contributed by atoms with Gasteiger partial charge in [-0.25, -0.2) is 4.98 Å². The van der Waals surface area contributed by atoms with E-state index in [1.165, 1.54) is 11.3 Å². The molecule has 4 aromatic rings. The van der Waals surface area contributed by atoms with Crippen LogP contribution >= 0.6 is 11.3 Å². The van der Waals surface area contributed by atoms with Crippen LogP contribution in [0.3, 0.4) is 0 Å². The molecule has 0 amide bonds. The molecule has 0 saturated carbocycles. The van der Waals surface area contributed by atoms with Gasteiger partial charge in [-0.3, -0.25) is 5.43 Å². The minimum absolute atomic E-state index is 0.0797. The molecule has 4 rings (SSSR count). The molecule has 1 aromatic heterocycles. The number of benzene rings is 3. The van der Waals surface area contributed by atoms with Gasteiger partial charge in [0.2, 0.25) is 11.0 Å². The second-order valence-electron chi connectivity index (χ2n) is 6.04. The van der Waals surface area contributed by atoms with E-state index in [0.29, 0.717) is 10.7 Å². The molecule has 0 saturated heterocycles. The van der Waals surface area contributed by atoms with Gasteiger partial charge >= 0.3 is 0 Å².